The molecule has 1 saturated heterocycles. The number of carbonyl (C=O) groups is 1. The molecule has 1 saturated carbocycles. The number of ether oxygens (including phenoxy) is 1. The summed E-state index contributed by atoms with van der Waals surface area (Å²) in [6.45, 7) is 0. The first-order valence-electron chi connectivity index (χ1n) is 5.04. The lowest BCUT2D eigenvalue weighted by atomic mass is 9.72. The van der Waals surface area contributed by atoms with E-state index >= 15 is 0 Å². The van der Waals surface area contributed by atoms with Crippen molar-refractivity contribution in [1.29, 1.82) is 0 Å². The predicted octanol–water partition coefficient (Wildman–Crippen LogP) is 2.69. The molecule has 0 aromatic carbocycles. The molecule has 0 radical (unpaired) electrons. The van der Waals surface area contributed by atoms with Gasteiger partial charge in [0.05, 0.1) is 5.41 Å². The van der Waals surface area contributed by atoms with Crippen molar-refractivity contribution >= 4 is 28.6 Å². The number of rotatable bonds is 1. The van der Waals surface area contributed by atoms with Gasteiger partial charge in [0.2, 0.25) is 0 Å². The third-order valence-electron chi connectivity index (χ3n) is 3.31. The monoisotopic (exact) mass is 294 g/mol. The summed E-state index contributed by atoms with van der Waals surface area (Å²) in [5.41, 5.74) is -0.0614. The zero-order valence-electron chi connectivity index (χ0n) is 7.72. The summed E-state index contributed by atoms with van der Waals surface area (Å²) in [5.74, 6) is 0.0915. The first kappa shape index (κ1) is 9.74. The van der Waals surface area contributed by atoms with Gasteiger partial charge < -0.3 is 4.74 Å². The highest BCUT2D eigenvalue weighted by Crippen LogP contribution is 2.46. The zero-order valence-corrected chi connectivity index (χ0v) is 9.88. The summed E-state index contributed by atoms with van der Waals surface area (Å²) in [5, 5.41) is 0. The Kier molecular flexibility index (Phi) is 2.81. The second-order valence-electron chi connectivity index (χ2n) is 4.23. The van der Waals surface area contributed by atoms with Gasteiger partial charge in [0, 0.05) is 10.8 Å². The summed E-state index contributed by atoms with van der Waals surface area (Å²) in [6, 6.07) is 0. The molecule has 0 aromatic heterocycles. The molecule has 0 N–H and O–H groups in total. The van der Waals surface area contributed by atoms with Crippen LogP contribution in [0.2, 0.25) is 0 Å². The lowest BCUT2D eigenvalue weighted by molar-refractivity contribution is -0.149. The van der Waals surface area contributed by atoms with Crippen LogP contribution in [0.25, 0.3) is 0 Å². The van der Waals surface area contributed by atoms with Crippen LogP contribution in [0.5, 0.6) is 0 Å². The van der Waals surface area contributed by atoms with E-state index in [0.29, 0.717) is 0 Å². The van der Waals surface area contributed by atoms with Crippen LogP contribution in [-0.4, -0.2) is 16.5 Å². The molecule has 1 unspecified atom stereocenters. The van der Waals surface area contributed by atoms with Crippen LogP contribution < -0.4 is 0 Å². The standard InChI is InChI=1S/C10H15IO2/c11-7-8-6-10(9(12)13-8)4-2-1-3-5-10/h8H,1-7H2. The molecule has 1 aliphatic heterocycles. The molecule has 2 rings (SSSR count). The second-order valence-corrected chi connectivity index (χ2v) is 5.11. The molecule has 2 nitrogen and oxygen atoms in total. The van der Waals surface area contributed by atoms with E-state index in [9.17, 15) is 4.79 Å². The van der Waals surface area contributed by atoms with Gasteiger partial charge in [-0.15, -0.1) is 0 Å². The van der Waals surface area contributed by atoms with E-state index in [4.69, 9.17) is 4.74 Å². The van der Waals surface area contributed by atoms with Gasteiger partial charge in [0.1, 0.15) is 6.10 Å². The van der Waals surface area contributed by atoms with Gasteiger partial charge in [-0.1, -0.05) is 41.9 Å². The normalized spacial score (nSPS) is 32.1. The fourth-order valence-corrected chi connectivity index (χ4v) is 3.05. The van der Waals surface area contributed by atoms with E-state index in [2.05, 4.69) is 22.6 Å². The Bertz CT molecular complexity index is 209. The molecule has 1 aliphatic carbocycles. The quantitative estimate of drug-likeness (QED) is 0.422. The van der Waals surface area contributed by atoms with Gasteiger partial charge in [0.25, 0.3) is 0 Å². The van der Waals surface area contributed by atoms with E-state index in [0.717, 1.165) is 23.7 Å². The van der Waals surface area contributed by atoms with Crippen LogP contribution >= 0.6 is 22.6 Å². The summed E-state index contributed by atoms with van der Waals surface area (Å²) in [7, 11) is 0. The third-order valence-corrected chi connectivity index (χ3v) is 4.29. The highest BCUT2D eigenvalue weighted by Gasteiger charge is 2.48. The number of hydrogen-bond donors (Lipinski definition) is 0. The number of alkyl halides is 1. The van der Waals surface area contributed by atoms with Crippen molar-refractivity contribution in [2.75, 3.05) is 4.43 Å². The maximum atomic E-state index is 11.7. The second kappa shape index (κ2) is 3.75. The molecule has 1 heterocycles. The maximum Gasteiger partial charge on any atom is 0.312 e. The van der Waals surface area contributed by atoms with E-state index in [-0.39, 0.29) is 17.5 Å². The highest BCUT2D eigenvalue weighted by molar-refractivity contribution is 14.1. The number of carbonyl (C=O) groups excluding carboxylic acids is 1. The molecule has 13 heavy (non-hydrogen) atoms. The lowest BCUT2D eigenvalue weighted by Crippen LogP contribution is -2.28. The van der Waals surface area contributed by atoms with Gasteiger partial charge in [-0.2, -0.15) is 0 Å². The van der Waals surface area contributed by atoms with Gasteiger partial charge in [-0.3, -0.25) is 4.79 Å². The zero-order chi connectivity index (χ0) is 9.31. The molecule has 3 heteroatoms. The molecule has 74 valence electrons. The molecule has 1 spiro atoms. The fourth-order valence-electron chi connectivity index (χ4n) is 2.56. The topological polar surface area (TPSA) is 26.3 Å². The summed E-state index contributed by atoms with van der Waals surface area (Å²) in [4.78, 5) is 11.7. The minimum Gasteiger partial charge on any atom is -0.461 e. The Morgan fingerprint density at radius 3 is 2.62 bits per heavy atom. The van der Waals surface area contributed by atoms with Crippen LogP contribution in [0.1, 0.15) is 38.5 Å². The van der Waals surface area contributed by atoms with E-state index in [1.807, 2.05) is 0 Å². The molecule has 0 bridgehead atoms. The van der Waals surface area contributed by atoms with Crippen LogP contribution in [0, 0.1) is 5.41 Å². The minimum atomic E-state index is -0.0614. The lowest BCUT2D eigenvalue weighted by Gasteiger charge is -2.28. The first-order valence-corrected chi connectivity index (χ1v) is 6.56. The van der Waals surface area contributed by atoms with Crippen molar-refractivity contribution in [3.8, 4) is 0 Å². The average molecular weight is 294 g/mol. The summed E-state index contributed by atoms with van der Waals surface area (Å²) < 4.78 is 6.31. The van der Waals surface area contributed by atoms with Crippen LogP contribution in [0.3, 0.4) is 0 Å². The van der Waals surface area contributed by atoms with Crippen molar-refractivity contribution in [3.05, 3.63) is 0 Å². The minimum absolute atomic E-state index is 0.0614. The molecule has 0 aromatic rings. The molecule has 0 amide bonds. The largest absolute Gasteiger partial charge is 0.461 e. The Morgan fingerprint density at radius 1 is 1.38 bits per heavy atom. The maximum absolute atomic E-state index is 11.7. The number of halogens is 1. The Hall–Kier alpha value is 0.200. The van der Waals surface area contributed by atoms with Crippen LogP contribution in [-0.2, 0) is 9.53 Å². The number of cyclic esters (lactones) is 1. The Balaban J connectivity index is 2.08. The van der Waals surface area contributed by atoms with Crippen molar-refractivity contribution < 1.29 is 9.53 Å². The van der Waals surface area contributed by atoms with Crippen molar-refractivity contribution in [3.63, 3.8) is 0 Å². The number of hydrogen-bond acceptors (Lipinski definition) is 2. The molecular weight excluding hydrogens is 279 g/mol. The van der Waals surface area contributed by atoms with Crippen molar-refractivity contribution in [2.24, 2.45) is 5.41 Å². The molecule has 1 atom stereocenters. The fraction of sp³-hybridized carbons (Fsp3) is 0.900. The van der Waals surface area contributed by atoms with Crippen LogP contribution in [0.4, 0.5) is 0 Å². The summed E-state index contributed by atoms with van der Waals surface area (Å²) in [6.07, 6.45) is 7.04. The average Bonchev–Trinajstić information content (AvgIpc) is 2.45. The Labute approximate surface area is 92.5 Å². The van der Waals surface area contributed by atoms with Gasteiger partial charge in [-0.05, 0) is 12.8 Å². The molecule has 2 aliphatic rings. The van der Waals surface area contributed by atoms with Gasteiger partial charge >= 0.3 is 5.97 Å². The molecular formula is C10H15IO2. The SMILES string of the molecule is O=C1OC(CI)CC12CCCCC2. The number of esters is 1. The highest BCUT2D eigenvalue weighted by atomic mass is 127. The third kappa shape index (κ3) is 1.72. The van der Waals surface area contributed by atoms with Gasteiger partial charge in [0.15, 0.2) is 0 Å². The summed E-state index contributed by atoms with van der Waals surface area (Å²) >= 11 is 2.30. The predicted molar refractivity (Wildman–Crippen MR) is 58.9 cm³/mol. The smallest absolute Gasteiger partial charge is 0.312 e. The Morgan fingerprint density at radius 2 is 2.08 bits per heavy atom. The van der Waals surface area contributed by atoms with Crippen molar-refractivity contribution in [2.45, 2.75) is 44.6 Å². The molecule has 2 fully saturated rings. The van der Waals surface area contributed by atoms with Crippen LogP contribution in [0.15, 0.2) is 0 Å². The van der Waals surface area contributed by atoms with Gasteiger partial charge in [-0.25, -0.2) is 0 Å². The van der Waals surface area contributed by atoms with E-state index in [1.54, 1.807) is 0 Å². The van der Waals surface area contributed by atoms with E-state index < -0.39 is 0 Å². The van der Waals surface area contributed by atoms with E-state index in [1.165, 1.54) is 19.3 Å². The van der Waals surface area contributed by atoms with Crippen molar-refractivity contribution in [1.82, 2.24) is 0 Å². The first-order chi connectivity index (χ1) is 6.27.